The van der Waals surface area contributed by atoms with Crippen LogP contribution >= 0.6 is 0 Å². The van der Waals surface area contributed by atoms with Crippen molar-refractivity contribution in [2.45, 2.75) is 77.6 Å². The number of rotatable bonds is 2. The number of benzene rings is 3. The average molecular weight is 410 g/mol. The van der Waals surface area contributed by atoms with Crippen molar-refractivity contribution >= 4 is 11.4 Å². The number of fused-ring (bicyclic) bond motifs is 4. The molecule has 2 aliphatic carbocycles. The maximum atomic E-state index is 3.78. The first-order valence-corrected chi connectivity index (χ1v) is 11.7. The summed E-state index contributed by atoms with van der Waals surface area (Å²) in [5.74, 6) is 0. The molecule has 0 spiro atoms. The average Bonchev–Trinajstić information content (AvgIpc) is 2.94. The van der Waals surface area contributed by atoms with Gasteiger partial charge in [-0.05, 0) is 87.7 Å². The number of hydrogen-bond acceptors (Lipinski definition) is 1. The van der Waals surface area contributed by atoms with Crippen LogP contribution in [0.5, 0.6) is 0 Å². The highest BCUT2D eigenvalue weighted by Gasteiger charge is 2.38. The second-order valence-electron chi connectivity index (χ2n) is 11.5. The summed E-state index contributed by atoms with van der Waals surface area (Å²) in [4.78, 5) is 0. The van der Waals surface area contributed by atoms with Gasteiger partial charge in [-0.15, -0.1) is 0 Å². The SMILES string of the molecule is Cc1cc2c(cc1Nc1ccc3c(c1)C(C)(C)c1ccccc1-3)C(C)(C)CCC2(C)C. The van der Waals surface area contributed by atoms with Crippen molar-refractivity contribution in [2.75, 3.05) is 5.32 Å². The predicted octanol–water partition coefficient (Wildman–Crippen LogP) is 8.39. The third-order valence-corrected chi connectivity index (χ3v) is 8.06. The molecule has 0 heterocycles. The van der Waals surface area contributed by atoms with E-state index in [1.54, 1.807) is 0 Å². The van der Waals surface area contributed by atoms with Gasteiger partial charge in [0.05, 0.1) is 0 Å². The van der Waals surface area contributed by atoms with Crippen LogP contribution < -0.4 is 5.32 Å². The lowest BCUT2D eigenvalue weighted by molar-refractivity contribution is 0.332. The van der Waals surface area contributed by atoms with E-state index in [4.69, 9.17) is 0 Å². The van der Waals surface area contributed by atoms with Crippen LogP contribution in [-0.4, -0.2) is 0 Å². The van der Waals surface area contributed by atoms with Crippen LogP contribution in [0.25, 0.3) is 11.1 Å². The first kappa shape index (κ1) is 20.4. The lowest BCUT2D eigenvalue weighted by Gasteiger charge is -2.42. The Kier molecular flexibility index (Phi) is 4.26. The van der Waals surface area contributed by atoms with Gasteiger partial charge in [-0.2, -0.15) is 0 Å². The van der Waals surface area contributed by atoms with Gasteiger partial charge in [0.15, 0.2) is 0 Å². The van der Waals surface area contributed by atoms with Crippen LogP contribution in [0.2, 0.25) is 0 Å². The van der Waals surface area contributed by atoms with Crippen LogP contribution in [-0.2, 0) is 16.2 Å². The Bertz CT molecular complexity index is 1190. The monoisotopic (exact) mass is 409 g/mol. The molecule has 0 aliphatic heterocycles. The molecule has 3 aromatic rings. The quantitative estimate of drug-likeness (QED) is 0.448. The summed E-state index contributed by atoms with van der Waals surface area (Å²) >= 11 is 0. The molecule has 1 N–H and O–H groups in total. The fourth-order valence-corrected chi connectivity index (χ4v) is 5.79. The molecule has 0 atom stereocenters. The van der Waals surface area contributed by atoms with Crippen LogP contribution in [0.15, 0.2) is 54.6 Å². The molecule has 0 saturated heterocycles. The first-order valence-electron chi connectivity index (χ1n) is 11.7. The molecule has 1 nitrogen and oxygen atoms in total. The van der Waals surface area contributed by atoms with Gasteiger partial charge < -0.3 is 5.32 Å². The molecule has 1 heteroatoms. The van der Waals surface area contributed by atoms with E-state index in [1.165, 1.54) is 63.2 Å². The fraction of sp³-hybridized carbons (Fsp3) is 0.400. The van der Waals surface area contributed by atoms with E-state index in [9.17, 15) is 0 Å². The lowest BCUT2D eigenvalue weighted by Crippen LogP contribution is -2.34. The van der Waals surface area contributed by atoms with Crippen molar-refractivity contribution in [3.63, 3.8) is 0 Å². The maximum absolute atomic E-state index is 3.78. The van der Waals surface area contributed by atoms with E-state index in [-0.39, 0.29) is 16.2 Å². The summed E-state index contributed by atoms with van der Waals surface area (Å²) in [6.45, 7) is 16.5. The molecule has 0 amide bonds. The first-order chi connectivity index (χ1) is 14.5. The van der Waals surface area contributed by atoms with Crippen molar-refractivity contribution < 1.29 is 0 Å². The lowest BCUT2D eigenvalue weighted by atomic mass is 9.63. The Balaban J connectivity index is 1.56. The van der Waals surface area contributed by atoms with Gasteiger partial charge in [0.1, 0.15) is 0 Å². The molecule has 0 aromatic heterocycles. The standard InChI is InChI=1S/C30H35N/c1-19-16-25-26(29(4,5)15-14-28(25,2)3)18-27(19)31-20-12-13-22-21-10-8-9-11-23(21)30(6,7)24(22)17-20/h8-13,16-18,31H,14-15H2,1-7H3. The van der Waals surface area contributed by atoms with Gasteiger partial charge >= 0.3 is 0 Å². The molecule has 0 radical (unpaired) electrons. The van der Waals surface area contributed by atoms with Gasteiger partial charge in [-0.3, -0.25) is 0 Å². The number of anilines is 2. The van der Waals surface area contributed by atoms with Crippen molar-refractivity contribution in [3.8, 4) is 11.1 Å². The molecular weight excluding hydrogens is 374 g/mol. The topological polar surface area (TPSA) is 12.0 Å². The van der Waals surface area contributed by atoms with Gasteiger partial charge in [0.25, 0.3) is 0 Å². The Labute approximate surface area is 187 Å². The van der Waals surface area contributed by atoms with Crippen molar-refractivity contribution in [2.24, 2.45) is 0 Å². The third-order valence-electron chi connectivity index (χ3n) is 8.06. The number of nitrogens with one attached hydrogen (secondary N) is 1. The normalized spacial score (nSPS) is 19.3. The van der Waals surface area contributed by atoms with Crippen LogP contribution in [0, 0.1) is 6.92 Å². The van der Waals surface area contributed by atoms with E-state index >= 15 is 0 Å². The summed E-state index contributed by atoms with van der Waals surface area (Å²) in [5, 5.41) is 3.78. The molecular formula is C30H35N. The molecule has 31 heavy (non-hydrogen) atoms. The zero-order valence-electron chi connectivity index (χ0n) is 20.1. The number of aryl methyl sites for hydroxylation is 1. The molecule has 0 bridgehead atoms. The largest absolute Gasteiger partial charge is 0.355 e. The molecule has 2 aliphatic rings. The fourth-order valence-electron chi connectivity index (χ4n) is 5.79. The zero-order chi connectivity index (χ0) is 22.2. The molecule has 5 rings (SSSR count). The smallest absolute Gasteiger partial charge is 0.0417 e. The second-order valence-corrected chi connectivity index (χ2v) is 11.5. The van der Waals surface area contributed by atoms with E-state index in [2.05, 4.69) is 108 Å². The zero-order valence-corrected chi connectivity index (χ0v) is 20.1. The van der Waals surface area contributed by atoms with Crippen molar-refractivity contribution in [1.29, 1.82) is 0 Å². The summed E-state index contributed by atoms with van der Waals surface area (Å²) in [5.41, 5.74) is 12.9. The highest BCUT2D eigenvalue weighted by atomic mass is 14.9. The van der Waals surface area contributed by atoms with Gasteiger partial charge in [0.2, 0.25) is 0 Å². The van der Waals surface area contributed by atoms with Crippen molar-refractivity contribution in [1.82, 2.24) is 0 Å². The highest BCUT2D eigenvalue weighted by molar-refractivity contribution is 5.83. The molecule has 0 fully saturated rings. The molecule has 3 aromatic carbocycles. The molecule has 0 saturated carbocycles. The minimum absolute atomic E-state index is 0.0283. The predicted molar refractivity (Wildman–Crippen MR) is 134 cm³/mol. The van der Waals surface area contributed by atoms with Gasteiger partial charge in [-0.25, -0.2) is 0 Å². The minimum atomic E-state index is 0.0283. The summed E-state index contributed by atoms with van der Waals surface area (Å²) in [6, 6.07) is 20.6. The van der Waals surface area contributed by atoms with E-state index in [0.29, 0.717) is 0 Å². The Morgan fingerprint density at radius 3 is 1.97 bits per heavy atom. The Morgan fingerprint density at radius 2 is 1.26 bits per heavy atom. The minimum Gasteiger partial charge on any atom is -0.355 e. The maximum Gasteiger partial charge on any atom is 0.0417 e. The van der Waals surface area contributed by atoms with Crippen LogP contribution in [0.3, 0.4) is 0 Å². The van der Waals surface area contributed by atoms with Gasteiger partial charge in [-0.1, -0.05) is 77.9 Å². The third kappa shape index (κ3) is 3.04. The highest BCUT2D eigenvalue weighted by Crippen LogP contribution is 2.50. The van der Waals surface area contributed by atoms with E-state index in [0.717, 1.165) is 0 Å². The van der Waals surface area contributed by atoms with Crippen LogP contribution in [0.4, 0.5) is 11.4 Å². The van der Waals surface area contributed by atoms with Gasteiger partial charge in [0, 0.05) is 16.8 Å². The van der Waals surface area contributed by atoms with Crippen molar-refractivity contribution in [3.05, 3.63) is 82.4 Å². The second kappa shape index (κ2) is 6.48. The summed E-state index contributed by atoms with van der Waals surface area (Å²) in [7, 11) is 0. The molecule has 160 valence electrons. The number of hydrogen-bond donors (Lipinski definition) is 1. The van der Waals surface area contributed by atoms with E-state index < -0.39 is 0 Å². The summed E-state index contributed by atoms with van der Waals surface area (Å²) < 4.78 is 0. The summed E-state index contributed by atoms with van der Waals surface area (Å²) in [6.07, 6.45) is 2.49. The van der Waals surface area contributed by atoms with E-state index in [1.807, 2.05) is 0 Å². The Morgan fingerprint density at radius 1 is 0.645 bits per heavy atom. The van der Waals surface area contributed by atoms with Crippen LogP contribution in [0.1, 0.15) is 82.2 Å². The Hall–Kier alpha value is -2.54. The molecule has 0 unspecified atom stereocenters.